The zero-order valence-corrected chi connectivity index (χ0v) is 15.4. The van der Waals surface area contributed by atoms with E-state index in [2.05, 4.69) is 10.6 Å². The molecule has 1 heterocycles. The van der Waals surface area contributed by atoms with Gasteiger partial charge < -0.3 is 16.4 Å². The lowest BCUT2D eigenvalue weighted by Crippen LogP contribution is -2.30. The van der Waals surface area contributed by atoms with Gasteiger partial charge in [0.1, 0.15) is 0 Å². The van der Waals surface area contributed by atoms with Gasteiger partial charge in [-0.3, -0.25) is 9.59 Å². The molecule has 0 aliphatic rings. The molecular weight excluding hydrogens is 369 g/mol. The molecule has 8 heteroatoms. The Morgan fingerprint density at radius 2 is 1.96 bits per heavy atom. The Morgan fingerprint density at radius 3 is 2.58 bits per heavy atom. The van der Waals surface area contributed by atoms with Crippen LogP contribution in [0.25, 0.3) is 0 Å². The fraction of sp³-hybridized carbons (Fsp3) is 0.250. The van der Waals surface area contributed by atoms with Crippen LogP contribution in [0.15, 0.2) is 36.4 Å². The number of amides is 2. The van der Waals surface area contributed by atoms with Gasteiger partial charge in [-0.15, -0.1) is 23.7 Å². The molecule has 2 rings (SSSR count). The van der Waals surface area contributed by atoms with Crippen LogP contribution in [0.1, 0.15) is 28.1 Å². The number of benzene rings is 1. The molecule has 1 unspecified atom stereocenters. The summed E-state index contributed by atoms with van der Waals surface area (Å²) in [5, 5.41) is 5.50. The molecule has 0 saturated heterocycles. The molecule has 1 atom stereocenters. The Hall–Kier alpha value is -1.60. The molecule has 1 aromatic heterocycles. The minimum absolute atomic E-state index is 0. The van der Waals surface area contributed by atoms with E-state index in [0.717, 1.165) is 4.88 Å². The van der Waals surface area contributed by atoms with E-state index in [4.69, 9.17) is 17.3 Å². The van der Waals surface area contributed by atoms with Crippen molar-refractivity contribution >= 4 is 52.8 Å². The van der Waals surface area contributed by atoms with Crippen LogP contribution in [0.3, 0.4) is 0 Å². The Kier molecular flexibility index (Phi) is 8.21. The first kappa shape index (κ1) is 20.4. The molecule has 5 nitrogen and oxygen atoms in total. The SMILES string of the molecule is CC(C(=O)Nc1ccccc1C(=O)NCCN)c1ccc(Cl)s1.Cl. The van der Waals surface area contributed by atoms with Crippen molar-refractivity contribution in [2.75, 3.05) is 18.4 Å². The molecule has 2 aromatic rings. The first-order chi connectivity index (χ1) is 11.0. The van der Waals surface area contributed by atoms with Crippen LogP contribution in [0, 0.1) is 0 Å². The van der Waals surface area contributed by atoms with E-state index in [1.54, 1.807) is 37.3 Å². The van der Waals surface area contributed by atoms with Crippen molar-refractivity contribution in [1.82, 2.24) is 5.32 Å². The maximum Gasteiger partial charge on any atom is 0.253 e. The topological polar surface area (TPSA) is 84.2 Å². The highest BCUT2D eigenvalue weighted by molar-refractivity contribution is 7.16. The first-order valence-corrected chi connectivity index (χ1v) is 8.35. The van der Waals surface area contributed by atoms with E-state index in [1.807, 2.05) is 6.07 Å². The fourth-order valence-electron chi connectivity index (χ4n) is 2.00. The minimum Gasteiger partial charge on any atom is -0.351 e. The minimum atomic E-state index is -0.354. The summed E-state index contributed by atoms with van der Waals surface area (Å²) in [7, 11) is 0. The largest absolute Gasteiger partial charge is 0.351 e. The quantitative estimate of drug-likeness (QED) is 0.710. The van der Waals surface area contributed by atoms with Gasteiger partial charge in [0, 0.05) is 18.0 Å². The molecule has 0 saturated carbocycles. The zero-order valence-electron chi connectivity index (χ0n) is 13.0. The van der Waals surface area contributed by atoms with Crippen molar-refractivity contribution < 1.29 is 9.59 Å². The summed E-state index contributed by atoms with van der Waals surface area (Å²) in [6.45, 7) is 2.54. The maximum absolute atomic E-state index is 12.4. The highest BCUT2D eigenvalue weighted by atomic mass is 35.5. The summed E-state index contributed by atoms with van der Waals surface area (Å²) in [5.41, 5.74) is 6.27. The molecule has 0 spiro atoms. The summed E-state index contributed by atoms with van der Waals surface area (Å²) in [6, 6.07) is 10.5. The third-order valence-electron chi connectivity index (χ3n) is 3.27. The highest BCUT2D eigenvalue weighted by Gasteiger charge is 2.19. The van der Waals surface area contributed by atoms with Gasteiger partial charge in [-0.05, 0) is 31.2 Å². The molecule has 0 bridgehead atoms. The second kappa shape index (κ2) is 9.64. The highest BCUT2D eigenvalue weighted by Crippen LogP contribution is 2.29. The Labute approximate surface area is 156 Å². The molecule has 4 N–H and O–H groups in total. The van der Waals surface area contributed by atoms with Gasteiger partial charge in [0.25, 0.3) is 5.91 Å². The molecular formula is C16H19Cl2N3O2S. The molecule has 0 aliphatic carbocycles. The molecule has 2 amide bonds. The number of nitrogens with two attached hydrogens (primary N) is 1. The summed E-state index contributed by atoms with van der Waals surface area (Å²) >= 11 is 7.28. The number of anilines is 1. The lowest BCUT2D eigenvalue weighted by atomic mass is 10.1. The number of hydrogen-bond donors (Lipinski definition) is 3. The molecule has 24 heavy (non-hydrogen) atoms. The maximum atomic E-state index is 12.4. The molecule has 1 aromatic carbocycles. The van der Waals surface area contributed by atoms with E-state index in [0.29, 0.717) is 28.7 Å². The molecule has 0 fully saturated rings. The summed E-state index contributed by atoms with van der Waals surface area (Å²) in [5.74, 6) is -0.812. The zero-order chi connectivity index (χ0) is 16.8. The Balaban J connectivity index is 0.00000288. The smallest absolute Gasteiger partial charge is 0.253 e. The summed E-state index contributed by atoms with van der Waals surface area (Å²) in [4.78, 5) is 25.4. The third-order valence-corrected chi connectivity index (χ3v) is 4.69. The third kappa shape index (κ3) is 5.21. The summed E-state index contributed by atoms with van der Waals surface area (Å²) in [6.07, 6.45) is 0. The number of nitrogens with one attached hydrogen (secondary N) is 2. The van der Waals surface area contributed by atoms with Gasteiger partial charge in [-0.2, -0.15) is 0 Å². The van der Waals surface area contributed by atoms with Gasteiger partial charge in [0.2, 0.25) is 5.91 Å². The average Bonchev–Trinajstić information content (AvgIpc) is 2.98. The number of rotatable bonds is 6. The van der Waals surface area contributed by atoms with E-state index in [-0.39, 0.29) is 30.1 Å². The van der Waals surface area contributed by atoms with Crippen molar-refractivity contribution in [3.8, 4) is 0 Å². The van der Waals surface area contributed by atoms with Crippen LogP contribution in [0.5, 0.6) is 0 Å². The van der Waals surface area contributed by atoms with Crippen molar-refractivity contribution in [2.24, 2.45) is 5.73 Å². The lowest BCUT2D eigenvalue weighted by Gasteiger charge is -2.14. The number of hydrogen-bond acceptors (Lipinski definition) is 4. The van der Waals surface area contributed by atoms with Crippen LogP contribution in [0.2, 0.25) is 4.34 Å². The number of carbonyl (C=O) groups is 2. The van der Waals surface area contributed by atoms with E-state index in [1.165, 1.54) is 11.3 Å². The molecule has 130 valence electrons. The molecule has 0 radical (unpaired) electrons. The average molecular weight is 388 g/mol. The van der Waals surface area contributed by atoms with Crippen molar-refractivity contribution in [1.29, 1.82) is 0 Å². The van der Waals surface area contributed by atoms with Crippen LogP contribution in [0.4, 0.5) is 5.69 Å². The Morgan fingerprint density at radius 1 is 1.25 bits per heavy atom. The molecule has 0 aliphatic heterocycles. The second-order valence-corrected chi connectivity index (χ2v) is 6.69. The number of carbonyl (C=O) groups excluding carboxylic acids is 2. The predicted molar refractivity (Wildman–Crippen MR) is 101 cm³/mol. The van der Waals surface area contributed by atoms with Gasteiger partial charge in [0.15, 0.2) is 0 Å². The number of para-hydroxylation sites is 1. The predicted octanol–water partition coefficient (Wildman–Crippen LogP) is 3.25. The van der Waals surface area contributed by atoms with Gasteiger partial charge >= 0.3 is 0 Å². The first-order valence-electron chi connectivity index (χ1n) is 7.16. The van der Waals surface area contributed by atoms with Crippen LogP contribution in [-0.4, -0.2) is 24.9 Å². The van der Waals surface area contributed by atoms with Crippen molar-refractivity contribution in [2.45, 2.75) is 12.8 Å². The Bertz CT molecular complexity index is 706. The lowest BCUT2D eigenvalue weighted by molar-refractivity contribution is -0.117. The monoisotopic (exact) mass is 387 g/mol. The van der Waals surface area contributed by atoms with E-state index < -0.39 is 0 Å². The van der Waals surface area contributed by atoms with Gasteiger partial charge in [-0.1, -0.05) is 23.7 Å². The van der Waals surface area contributed by atoms with Crippen molar-refractivity contribution in [3.05, 3.63) is 51.2 Å². The number of halogens is 2. The van der Waals surface area contributed by atoms with Crippen LogP contribution in [-0.2, 0) is 4.79 Å². The van der Waals surface area contributed by atoms with E-state index in [9.17, 15) is 9.59 Å². The second-order valence-electron chi connectivity index (χ2n) is 4.94. The normalized spacial score (nSPS) is 11.3. The van der Waals surface area contributed by atoms with Crippen molar-refractivity contribution in [3.63, 3.8) is 0 Å². The van der Waals surface area contributed by atoms with Crippen LogP contribution >= 0.6 is 35.3 Å². The van der Waals surface area contributed by atoms with Crippen LogP contribution < -0.4 is 16.4 Å². The fourth-order valence-corrected chi connectivity index (χ4v) is 3.11. The standard InChI is InChI=1S/C16H18ClN3O2S.ClH/c1-10(13-6-7-14(17)23-13)15(21)20-12-5-3-2-4-11(12)16(22)19-9-8-18;/h2-7,10H,8-9,18H2,1H3,(H,19,22)(H,20,21);1H. The van der Waals surface area contributed by atoms with Gasteiger partial charge in [-0.25, -0.2) is 0 Å². The van der Waals surface area contributed by atoms with E-state index >= 15 is 0 Å². The summed E-state index contributed by atoms with van der Waals surface area (Å²) < 4.78 is 0.640. The number of thiophene rings is 1. The van der Waals surface area contributed by atoms with Gasteiger partial charge in [0.05, 0.1) is 21.5 Å².